The van der Waals surface area contributed by atoms with Crippen molar-refractivity contribution in [3.05, 3.63) is 53.7 Å². The summed E-state index contributed by atoms with van der Waals surface area (Å²) in [5.41, 5.74) is 1.01. The molecule has 27 heavy (non-hydrogen) atoms. The number of rotatable bonds is 4. The standard InChI is InChI=1S/C19H21F2N5O/c1-24(2)16-12-18(23-22-13-16)25-7-9-26(10-8-25)19(27)6-3-14-11-15(20)4-5-17(14)21/h3-6,11-13H,7-10H2,1-2H3/b6-3+. The molecule has 142 valence electrons. The van der Waals surface area contributed by atoms with Gasteiger partial charge in [0.2, 0.25) is 5.91 Å². The molecule has 3 rings (SSSR count). The highest BCUT2D eigenvalue weighted by atomic mass is 19.1. The maximum absolute atomic E-state index is 13.6. The lowest BCUT2D eigenvalue weighted by molar-refractivity contribution is -0.126. The smallest absolute Gasteiger partial charge is 0.246 e. The van der Waals surface area contributed by atoms with E-state index in [0.29, 0.717) is 26.2 Å². The summed E-state index contributed by atoms with van der Waals surface area (Å²) in [6.07, 6.45) is 4.28. The second-order valence-corrected chi connectivity index (χ2v) is 6.48. The van der Waals surface area contributed by atoms with Gasteiger partial charge in [0.15, 0.2) is 5.82 Å². The summed E-state index contributed by atoms with van der Waals surface area (Å²) >= 11 is 0. The number of benzene rings is 1. The number of amides is 1. The zero-order valence-corrected chi connectivity index (χ0v) is 15.3. The third kappa shape index (κ3) is 4.58. The van der Waals surface area contributed by atoms with Crippen molar-refractivity contribution in [3.63, 3.8) is 0 Å². The van der Waals surface area contributed by atoms with Crippen molar-refractivity contribution >= 4 is 23.5 Å². The van der Waals surface area contributed by atoms with E-state index in [4.69, 9.17) is 0 Å². The number of hydrogen-bond acceptors (Lipinski definition) is 5. The Bertz CT molecular complexity index is 848. The molecule has 0 saturated carbocycles. The second-order valence-electron chi connectivity index (χ2n) is 6.48. The van der Waals surface area contributed by atoms with Crippen LogP contribution in [0.3, 0.4) is 0 Å². The molecule has 1 aromatic heterocycles. The minimum absolute atomic E-state index is 0.0535. The molecule has 2 heterocycles. The summed E-state index contributed by atoms with van der Waals surface area (Å²) < 4.78 is 26.8. The molecule has 0 N–H and O–H groups in total. The van der Waals surface area contributed by atoms with Crippen LogP contribution in [0.25, 0.3) is 6.08 Å². The van der Waals surface area contributed by atoms with Crippen molar-refractivity contribution in [2.45, 2.75) is 0 Å². The van der Waals surface area contributed by atoms with E-state index in [0.717, 1.165) is 29.7 Å². The Hall–Kier alpha value is -3.03. The molecule has 1 saturated heterocycles. The molecule has 0 radical (unpaired) electrons. The van der Waals surface area contributed by atoms with E-state index in [1.807, 2.05) is 25.1 Å². The fourth-order valence-corrected chi connectivity index (χ4v) is 2.81. The first-order chi connectivity index (χ1) is 12.9. The van der Waals surface area contributed by atoms with Gasteiger partial charge in [0.05, 0.1) is 11.9 Å². The van der Waals surface area contributed by atoms with E-state index in [1.165, 1.54) is 12.2 Å². The average molecular weight is 373 g/mol. The first-order valence-electron chi connectivity index (χ1n) is 8.61. The predicted octanol–water partition coefficient (Wildman–Crippen LogP) is 2.18. The van der Waals surface area contributed by atoms with Crippen molar-refractivity contribution in [2.24, 2.45) is 0 Å². The topological polar surface area (TPSA) is 52.6 Å². The number of carbonyl (C=O) groups is 1. The van der Waals surface area contributed by atoms with Crippen LogP contribution in [0.1, 0.15) is 5.56 Å². The maximum Gasteiger partial charge on any atom is 0.246 e. The Balaban J connectivity index is 1.60. The number of halogens is 2. The van der Waals surface area contributed by atoms with Crippen molar-refractivity contribution in [1.82, 2.24) is 15.1 Å². The molecule has 6 nitrogen and oxygen atoms in total. The van der Waals surface area contributed by atoms with Gasteiger partial charge in [-0.05, 0) is 24.3 Å². The van der Waals surface area contributed by atoms with Crippen LogP contribution in [0.15, 0.2) is 36.5 Å². The lowest BCUT2D eigenvalue weighted by Crippen LogP contribution is -2.48. The van der Waals surface area contributed by atoms with Crippen molar-refractivity contribution < 1.29 is 13.6 Å². The highest BCUT2D eigenvalue weighted by Gasteiger charge is 2.21. The molecule has 0 atom stereocenters. The Labute approximate surface area is 156 Å². The van der Waals surface area contributed by atoms with Gasteiger partial charge in [0.25, 0.3) is 0 Å². The van der Waals surface area contributed by atoms with E-state index >= 15 is 0 Å². The van der Waals surface area contributed by atoms with Gasteiger partial charge in [-0.15, -0.1) is 5.10 Å². The van der Waals surface area contributed by atoms with E-state index in [9.17, 15) is 13.6 Å². The average Bonchev–Trinajstić information content (AvgIpc) is 2.68. The SMILES string of the molecule is CN(C)c1cnnc(N2CCN(C(=O)/C=C/c3cc(F)ccc3F)CC2)c1. The molecule has 1 fully saturated rings. The number of carbonyl (C=O) groups excluding carboxylic acids is 1. The first-order valence-corrected chi connectivity index (χ1v) is 8.61. The molecule has 0 spiro atoms. The maximum atomic E-state index is 13.6. The molecule has 1 aliphatic heterocycles. The van der Waals surface area contributed by atoms with Gasteiger partial charge in [-0.25, -0.2) is 8.78 Å². The molecule has 0 bridgehead atoms. The molecular weight excluding hydrogens is 352 g/mol. The molecule has 1 amide bonds. The minimum atomic E-state index is -0.565. The Kier molecular flexibility index (Phi) is 5.63. The lowest BCUT2D eigenvalue weighted by atomic mass is 10.2. The molecular formula is C19H21F2N5O. The number of nitrogens with zero attached hydrogens (tertiary/aromatic N) is 5. The molecule has 1 aromatic carbocycles. The van der Waals surface area contributed by atoms with E-state index < -0.39 is 11.6 Å². The summed E-state index contributed by atoms with van der Waals surface area (Å²) in [4.78, 5) is 18.0. The summed E-state index contributed by atoms with van der Waals surface area (Å²) in [5.74, 6) is -0.570. The highest BCUT2D eigenvalue weighted by Crippen LogP contribution is 2.19. The van der Waals surface area contributed by atoms with Crippen LogP contribution >= 0.6 is 0 Å². The molecule has 2 aromatic rings. The monoisotopic (exact) mass is 373 g/mol. The van der Waals surface area contributed by atoms with Crippen LogP contribution in [-0.2, 0) is 4.79 Å². The van der Waals surface area contributed by atoms with Crippen molar-refractivity contribution in [2.75, 3.05) is 50.1 Å². The number of aromatic nitrogens is 2. The second kappa shape index (κ2) is 8.11. The number of anilines is 2. The van der Waals surface area contributed by atoms with Crippen molar-refractivity contribution in [3.8, 4) is 0 Å². The van der Waals surface area contributed by atoms with Crippen molar-refractivity contribution in [1.29, 1.82) is 0 Å². The van der Waals surface area contributed by atoms with Crippen LogP contribution in [0.4, 0.5) is 20.3 Å². The summed E-state index contributed by atoms with van der Waals surface area (Å²) in [5, 5.41) is 8.19. The van der Waals surface area contributed by atoms with Crippen LogP contribution in [-0.4, -0.2) is 61.3 Å². The van der Waals surface area contributed by atoms with Crippen LogP contribution in [0, 0.1) is 11.6 Å². The van der Waals surface area contributed by atoms with Crippen LogP contribution in [0.2, 0.25) is 0 Å². The number of piperazine rings is 1. The minimum Gasteiger partial charge on any atom is -0.376 e. The number of hydrogen-bond donors (Lipinski definition) is 0. The zero-order chi connectivity index (χ0) is 19.4. The van der Waals surface area contributed by atoms with Gasteiger partial charge in [-0.3, -0.25) is 4.79 Å². The van der Waals surface area contributed by atoms with Gasteiger partial charge >= 0.3 is 0 Å². The van der Waals surface area contributed by atoms with E-state index in [-0.39, 0.29) is 11.5 Å². The van der Waals surface area contributed by atoms with E-state index in [1.54, 1.807) is 11.1 Å². The Morgan fingerprint density at radius 3 is 2.59 bits per heavy atom. The Morgan fingerprint density at radius 2 is 1.89 bits per heavy atom. The summed E-state index contributed by atoms with van der Waals surface area (Å²) in [6, 6.07) is 5.10. The molecule has 0 unspecified atom stereocenters. The van der Waals surface area contributed by atoms with Crippen LogP contribution < -0.4 is 9.80 Å². The largest absolute Gasteiger partial charge is 0.376 e. The third-order valence-electron chi connectivity index (χ3n) is 4.42. The van der Waals surface area contributed by atoms with Gasteiger partial charge in [0, 0.05) is 58.0 Å². The fraction of sp³-hybridized carbons (Fsp3) is 0.316. The lowest BCUT2D eigenvalue weighted by Gasteiger charge is -2.34. The Morgan fingerprint density at radius 1 is 1.15 bits per heavy atom. The fourth-order valence-electron chi connectivity index (χ4n) is 2.81. The first kappa shape index (κ1) is 18.8. The molecule has 8 heteroatoms. The van der Waals surface area contributed by atoms with Gasteiger partial charge in [-0.1, -0.05) is 0 Å². The van der Waals surface area contributed by atoms with Crippen LogP contribution in [0.5, 0.6) is 0 Å². The normalized spacial score (nSPS) is 14.7. The summed E-state index contributed by atoms with van der Waals surface area (Å²) in [6.45, 7) is 2.28. The predicted molar refractivity (Wildman–Crippen MR) is 101 cm³/mol. The summed E-state index contributed by atoms with van der Waals surface area (Å²) in [7, 11) is 3.87. The van der Waals surface area contributed by atoms with Gasteiger partial charge in [-0.2, -0.15) is 5.10 Å². The molecule has 1 aliphatic rings. The zero-order valence-electron chi connectivity index (χ0n) is 15.3. The van der Waals surface area contributed by atoms with Gasteiger partial charge < -0.3 is 14.7 Å². The highest BCUT2D eigenvalue weighted by molar-refractivity contribution is 5.92. The third-order valence-corrected chi connectivity index (χ3v) is 4.42. The quantitative estimate of drug-likeness (QED) is 0.769. The molecule has 0 aliphatic carbocycles. The van der Waals surface area contributed by atoms with E-state index in [2.05, 4.69) is 15.1 Å². The van der Waals surface area contributed by atoms with Gasteiger partial charge in [0.1, 0.15) is 11.6 Å².